The summed E-state index contributed by atoms with van der Waals surface area (Å²) in [6.07, 6.45) is 3.98. The van der Waals surface area contributed by atoms with Crippen LogP contribution in [0, 0.1) is 17.6 Å². The van der Waals surface area contributed by atoms with E-state index in [-0.39, 0.29) is 24.9 Å². The molecule has 1 aromatic rings. The van der Waals surface area contributed by atoms with Gasteiger partial charge in [0.2, 0.25) is 0 Å². The van der Waals surface area contributed by atoms with Gasteiger partial charge in [-0.15, -0.1) is 0 Å². The van der Waals surface area contributed by atoms with Gasteiger partial charge in [-0.1, -0.05) is 19.8 Å². The van der Waals surface area contributed by atoms with Crippen LogP contribution in [0.5, 0.6) is 0 Å². The Morgan fingerprint density at radius 3 is 2.90 bits per heavy atom. The van der Waals surface area contributed by atoms with E-state index in [0.717, 1.165) is 18.9 Å². The maximum atomic E-state index is 13.4. The van der Waals surface area contributed by atoms with Crippen molar-refractivity contribution in [2.45, 2.75) is 44.8 Å². The summed E-state index contributed by atoms with van der Waals surface area (Å²) in [5, 5.41) is 12.6. The van der Waals surface area contributed by atoms with Crippen molar-refractivity contribution in [1.82, 2.24) is 0 Å². The molecule has 0 aliphatic heterocycles. The van der Waals surface area contributed by atoms with Gasteiger partial charge in [0.15, 0.2) is 0 Å². The molecule has 0 radical (unpaired) electrons. The molecule has 0 amide bonds. The van der Waals surface area contributed by atoms with Gasteiger partial charge in [-0.2, -0.15) is 0 Å². The van der Waals surface area contributed by atoms with E-state index in [4.69, 9.17) is 4.74 Å². The van der Waals surface area contributed by atoms with Crippen molar-refractivity contribution in [1.29, 1.82) is 0 Å². The van der Waals surface area contributed by atoms with Crippen LogP contribution in [0.25, 0.3) is 0 Å². The number of halogens is 2. The molecule has 1 aliphatic rings. The molecular weight excluding hydrogens is 276 g/mol. The largest absolute Gasteiger partial charge is 0.389 e. The van der Waals surface area contributed by atoms with E-state index in [1.54, 1.807) is 0 Å². The van der Waals surface area contributed by atoms with Crippen LogP contribution in [-0.2, 0) is 4.74 Å². The summed E-state index contributed by atoms with van der Waals surface area (Å²) < 4.78 is 31.9. The molecule has 2 rings (SSSR count). The van der Waals surface area contributed by atoms with Gasteiger partial charge in [0.1, 0.15) is 11.6 Å². The van der Waals surface area contributed by atoms with Crippen LogP contribution in [0.15, 0.2) is 18.2 Å². The molecule has 0 heterocycles. The van der Waals surface area contributed by atoms with E-state index in [2.05, 4.69) is 12.2 Å². The van der Waals surface area contributed by atoms with Crippen LogP contribution >= 0.6 is 0 Å². The van der Waals surface area contributed by atoms with Gasteiger partial charge in [-0.3, -0.25) is 0 Å². The highest BCUT2D eigenvalue weighted by Gasteiger charge is 2.20. The summed E-state index contributed by atoms with van der Waals surface area (Å²) in [6.45, 7) is 2.61. The van der Waals surface area contributed by atoms with E-state index in [0.29, 0.717) is 5.92 Å². The number of benzene rings is 1. The van der Waals surface area contributed by atoms with Gasteiger partial charge in [0, 0.05) is 12.6 Å². The minimum absolute atomic E-state index is 0.171. The van der Waals surface area contributed by atoms with Crippen molar-refractivity contribution < 1.29 is 18.6 Å². The van der Waals surface area contributed by atoms with Crippen LogP contribution in [0.1, 0.15) is 32.6 Å². The first-order valence-electron chi connectivity index (χ1n) is 7.53. The maximum absolute atomic E-state index is 13.4. The lowest BCUT2D eigenvalue weighted by Gasteiger charge is -2.27. The predicted molar refractivity (Wildman–Crippen MR) is 78.2 cm³/mol. The summed E-state index contributed by atoms with van der Waals surface area (Å²) in [4.78, 5) is 0. The Balaban J connectivity index is 1.70. The standard InChI is InChI=1S/C16H23F2NO2/c1-11-3-2-4-14(7-11)21-10-13(20)9-19-16-6-5-12(17)8-15(16)18/h5-6,8,11,13-14,19-20H,2-4,7,9-10H2,1H3. The zero-order chi connectivity index (χ0) is 15.2. The average Bonchev–Trinajstić information content (AvgIpc) is 2.44. The van der Waals surface area contributed by atoms with Crippen molar-refractivity contribution in [3.8, 4) is 0 Å². The van der Waals surface area contributed by atoms with E-state index < -0.39 is 17.7 Å². The molecule has 2 N–H and O–H groups in total. The van der Waals surface area contributed by atoms with Gasteiger partial charge in [-0.05, 0) is 30.9 Å². The molecule has 1 aliphatic carbocycles. The second kappa shape index (κ2) is 7.71. The second-order valence-corrected chi connectivity index (χ2v) is 5.89. The fourth-order valence-electron chi connectivity index (χ4n) is 2.70. The van der Waals surface area contributed by atoms with Crippen LogP contribution in [-0.4, -0.2) is 30.5 Å². The number of ether oxygens (including phenoxy) is 1. The van der Waals surface area contributed by atoms with Gasteiger partial charge < -0.3 is 15.2 Å². The van der Waals surface area contributed by atoms with E-state index in [1.165, 1.54) is 25.0 Å². The smallest absolute Gasteiger partial charge is 0.149 e. The van der Waals surface area contributed by atoms with E-state index >= 15 is 0 Å². The lowest BCUT2D eigenvalue weighted by molar-refractivity contribution is -0.0274. The molecule has 1 aromatic carbocycles. The molecule has 118 valence electrons. The lowest BCUT2D eigenvalue weighted by atomic mass is 9.89. The Hall–Kier alpha value is -1.20. The normalized spacial score (nSPS) is 23.8. The van der Waals surface area contributed by atoms with Crippen LogP contribution in [0.2, 0.25) is 0 Å². The van der Waals surface area contributed by atoms with Crippen LogP contribution in [0.3, 0.4) is 0 Å². The highest BCUT2D eigenvalue weighted by Crippen LogP contribution is 2.25. The molecule has 3 unspecified atom stereocenters. The van der Waals surface area contributed by atoms with Crippen molar-refractivity contribution >= 4 is 5.69 Å². The monoisotopic (exact) mass is 299 g/mol. The molecule has 21 heavy (non-hydrogen) atoms. The highest BCUT2D eigenvalue weighted by molar-refractivity contribution is 5.44. The Kier molecular flexibility index (Phi) is 5.94. The van der Waals surface area contributed by atoms with E-state index in [9.17, 15) is 13.9 Å². The number of aliphatic hydroxyl groups excluding tert-OH is 1. The van der Waals surface area contributed by atoms with Gasteiger partial charge >= 0.3 is 0 Å². The fraction of sp³-hybridized carbons (Fsp3) is 0.625. The Morgan fingerprint density at radius 1 is 1.38 bits per heavy atom. The summed E-state index contributed by atoms with van der Waals surface area (Å²) in [5.74, 6) is -0.607. The van der Waals surface area contributed by atoms with Crippen LogP contribution < -0.4 is 5.32 Å². The predicted octanol–water partition coefficient (Wildman–Crippen LogP) is 3.33. The maximum Gasteiger partial charge on any atom is 0.149 e. The second-order valence-electron chi connectivity index (χ2n) is 5.89. The minimum Gasteiger partial charge on any atom is -0.389 e. The quantitative estimate of drug-likeness (QED) is 0.846. The topological polar surface area (TPSA) is 41.5 Å². The Morgan fingerprint density at radius 2 is 2.19 bits per heavy atom. The first kappa shape index (κ1) is 16.2. The highest BCUT2D eigenvalue weighted by atomic mass is 19.1. The zero-order valence-corrected chi connectivity index (χ0v) is 12.3. The lowest BCUT2D eigenvalue weighted by Crippen LogP contribution is -2.30. The number of nitrogens with one attached hydrogen (secondary N) is 1. The van der Waals surface area contributed by atoms with Crippen LogP contribution in [0.4, 0.5) is 14.5 Å². The molecular formula is C16H23F2NO2. The first-order chi connectivity index (χ1) is 10.0. The molecule has 3 nitrogen and oxygen atoms in total. The number of hydrogen-bond donors (Lipinski definition) is 2. The van der Waals surface area contributed by atoms with Crippen molar-refractivity contribution in [3.63, 3.8) is 0 Å². The number of aliphatic hydroxyl groups is 1. The van der Waals surface area contributed by atoms with E-state index in [1.807, 2.05) is 0 Å². The average molecular weight is 299 g/mol. The fourth-order valence-corrected chi connectivity index (χ4v) is 2.70. The summed E-state index contributed by atoms with van der Waals surface area (Å²) in [7, 11) is 0. The molecule has 0 spiro atoms. The van der Waals surface area contributed by atoms with Crippen molar-refractivity contribution in [3.05, 3.63) is 29.8 Å². The number of anilines is 1. The molecule has 1 saturated carbocycles. The molecule has 0 aromatic heterocycles. The number of hydrogen-bond acceptors (Lipinski definition) is 3. The van der Waals surface area contributed by atoms with Gasteiger partial charge in [0.25, 0.3) is 0 Å². The Labute approximate surface area is 124 Å². The minimum atomic E-state index is -0.716. The third-order valence-electron chi connectivity index (χ3n) is 3.87. The molecule has 3 atom stereocenters. The third-order valence-corrected chi connectivity index (χ3v) is 3.87. The molecule has 0 bridgehead atoms. The van der Waals surface area contributed by atoms with Gasteiger partial charge in [0.05, 0.1) is 24.5 Å². The first-order valence-corrected chi connectivity index (χ1v) is 7.53. The number of rotatable bonds is 6. The van der Waals surface area contributed by atoms with Crippen molar-refractivity contribution in [2.24, 2.45) is 5.92 Å². The third kappa shape index (κ3) is 5.25. The van der Waals surface area contributed by atoms with Crippen molar-refractivity contribution in [2.75, 3.05) is 18.5 Å². The molecule has 5 heteroatoms. The van der Waals surface area contributed by atoms with Gasteiger partial charge in [-0.25, -0.2) is 8.78 Å². The summed E-state index contributed by atoms with van der Waals surface area (Å²) in [5.41, 5.74) is 0.182. The Bertz CT molecular complexity index is 456. The molecule has 0 saturated heterocycles. The molecule has 1 fully saturated rings. The zero-order valence-electron chi connectivity index (χ0n) is 12.3. The summed E-state index contributed by atoms with van der Waals surface area (Å²) >= 11 is 0. The summed E-state index contributed by atoms with van der Waals surface area (Å²) in [6, 6.07) is 3.31. The SMILES string of the molecule is CC1CCCC(OCC(O)CNc2ccc(F)cc2F)C1.